The zero-order chi connectivity index (χ0) is 24.4. The number of nitrogens with one attached hydrogen (secondary N) is 1. The van der Waals surface area contributed by atoms with Gasteiger partial charge in [-0.1, -0.05) is 60.2 Å². The summed E-state index contributed by atoms with van der Waals surface area (Å²) in [4.78, 5) is 39.1. The van der Waals surface area contributed by atoms with Gasteiger partial charge < -0.3 is 5.32 Å². The number of rotatable bonds is 6. The van der Waals surface area contributed by atoms with Crippen LogP contribution in [0.15, 0.2) is 99.9 Å². The van der Waals surface area contributed by atoms with Crippen molar-refractivity contribution in [1.29, 1.82) is 0 Å². The maximum Gasteiger partial charge on any atom is 0.336 e. The number of thiophene rings is 1. The maximum atomic E-state index is 13.5. The van der Waals surface area contributed by atoms with E-state index < -0.39 is 5.69 Å². The quantitative estimate of drug-likeness (QED) is 0.380. The molecule has 0 aliphatic rings. The Kier molecular flexibility index (Phi) is 6.16. The standard InChI is InChI=1S/C28H23N3O3S/c1-19-6-5-7-21(16-19)18-30-24-14-15-35-26(24)27(33)31(28(30)34)23-12-10-20(11-13-23)17-25(32)29-22-8-3-2-4-9-22/h2-16H,17-18H2,1H3,(H,29,32). The van der Waals surface area contributed by atoms with Gasteiger partial charge in [0.25, 0.3) is 5.56 Å². The number of benzene rings is 3. The second kappa shape index (κ2) is 9.56. The molecule has 3 aromatic carbocycles. The Balaban J connectivity index is 1.47. The smallest absolute Gasteiger partial charge is 0.326 e. The van der Waals surface area contributed by atoms with E-state index in [0.29, 0.717) is 22.4 Å². The van der Waals surface area contributed by atoms with Crippen LogP contribution in [-0.4, -0.2) is 15.0 Å². The number of hydrogen-bond donors (Lipinski definition) is 1. The summed E-state index contributed by atoms with van der Waals surface area (Å²) in [5.74, 6) is -0.137. The fraction of sp³-hybridized carbons (Fsp3) is 0.107. The molecule has 0 spiro atoms. The third-order valence-corrected chi connectivity index (χ3v) is 6.69. The molecular formula is C28H23N3O3S. The predicted octanol–water partition coefficient (Wildman–Crippen LogP) is 4.75. The molecule has 7 heteroatoms. The first-order valence-corrected chi connectivity index (χ1v) is 12.1. The summed E-state index contributed by atoms with van der Waals surface area (Å²) >= 11 is 1.33. The molecule has 0 atom stereocenters. The van der Waals surface area contributed by atoms with Gasteiger partial charge in [0.1, 0.15) is 4.70 Å². The molecule has 0 saturated carbocycles. The van der Waals surface area contributed by atoms with Crippen molar-refractivity contribution in [3.63, 3.8) is 0 Å². The molecule has 1 N–H and O–H groups in total. The first-order valence-electron chi connectivity index (χ1n) is 11.2. The van der Waals surface area contributed by atoms with E-state index in [1.165, 1.54) is 15.9 Å². The topological polar surface area (TPSA) is 73.1 Å². The minimum Gasteiger partial charge on any atom is -0.326 e. The molecule has 2 aromatic heterocycles. The van der Waals surface area contributed by atoms with Gasteiger partial charge in [-0.2, -0.15) is 0 Å². The molecule has 0 bridgehead atoms. The van der Waals surface area contributed by atoms with Crippen molar-refractivity contribution in [2.24, 2.45) is 0 Å². The lowest BCUT2D eigenvalue weighted by atomic mass is 10.1. The van der Waals surface area contributed by atoms with E-state index in [1.54, 1.807) is 28.8 Å². The van der Waals surface area contributed by atoms with Gasteiger partial charge in [0.2, 0.25) is 5.91 Å². The van der Waals surface area contributed by atoms with Gasteiger partial charge in [0, 0.05) is 5.69 Å². The van der Waals surface area contributed by atoms with E-state index in [-0.39, 0.29) is 17.9 Å². The van der Waals surface area contributed by atoms with Crippen molar-refractivity contribution in [3.05, 3.63) is 128 Å². The maximum absolute atomic E-state index is 13.5. The number of aromatic nitrogens is 2. The average Bonchev–Trinajstić information content (AvgIpc) is 3.34. The molecule has 6 nitrogen and oxygen atoms in total. The Morgan fingerprint density at radius 1 is 0.886 bits per heavy atom. The molecular weight excluding hydrogens is 458 g/mol. The van der Waals surface area contributed by atoms with Gasteiger partial charge in [0.15, 0.2) is 0 Å². The van der Waals surface area contributed by atoms with Crippen molar-refractivity contribution in [1.82, 2.24) is 9.13 Å². The summed E-state index contributed by atoms with van der Waals surface area (Å²) in [5.41, 5.74) is 4.00. The third-order valence-electron chi connectivity index (χ3n) is 5.79. The van der Waals surface area contributed by atoms with Crippen molar-refractivity contribution >= 4 is 33.1 Å². The minimum absolute atomic E-state index is 0.137. The molecule has 0 aliphatic heterocycles. The Morgan fingerprint density at radius 3 is 2.40 bits per heavy atom. The molecule has 174 valence electrons. The van der Waals surface area contributed by atoms with Crippen LogP contribution in [0.4, 0.5) is 5.69 Å². The second-order valence-electron chi connectivity index (χ2n) is 8.39. The molecule has 0 radical (unpaired) electrons. The normalized spacial score (nSPS) is 11.0. The molecule has 1 amide bonds. The van der Waals surface area contributed by atoms with E-state index in [0.717, 1.165) is 22.4 Å². The highest BCUT2D eigenvalue weighted by atomic mass is 32.1. The third kappa shape index (κ3) is 4.72. The van der Waals surface area contributed by atoms with Crippen LogP contribution in [0.25, 0.3) is 15.9 Å². The monoisotopic (exact) mass is 481 g/mol. The van der Waals surface area contributed by atoms with Gasteiger partial charge in [0.05, 0.1) is 24.2 Å². The van der Waals surface area contributed by atoms with Gasteiger partial charge in [-0.05, 0) is 53.8 Å². The SMILES string of the molecule is Cc1cccc(Cn2c(=O)n(-c3ccc(CC(=O)Nc4ccccc4)cc3)c(=O)c3sccc32)c1. The van der Waals surface area contributed by atoms with E-state index in [4.69, 9.17) is 0 Å². The number of amides is 1. The first-order chi connectivity index (χ1) is 17.0. The number of anilines is 1. The van der Waals surface area contributed by atoms with Crippen molar-refractivity contribution in [2.45, 2.75) is 19.9 Å². The lowest BCUT2D eigenvalue weighted by Crippen LogP contribution is -2.38. The van der Waals surface area contributed by atoms with Crippen LogP contribution >= 0.6 is 11.3 Å². The van der Waals surface area contributed by atoms with Crippen molar-refractivity contribution in [2.75, 3.05) is 5.32 Å². The molecule has 0 unspecified atom stereocenters. The van der Waals surface area contributed by atoms with Crippen LogP contribution in [0.3, 0.4) is 0 Å². The van der Waals surface area contributed by atoms with Gasteiger partial charge in [-0.3, -0.25) is 14.2 Å². The van der Waals surface area contributed by atoms with Gasteiger partial charge in [-0.15, -0.1) is 11.3 Å². The first kappa shape index (κ1) is 22.6. The molecule has 5 aromatic rings. The van der Waals surface area contributed by atoms with E-state index >= 15 is 0 Å². The highest BCUT2D eigenvalue weighted by Gasteiger charge is 2.16. The molecule has 0 aliphatic carbocycles. The number of aryl methyl sites for hydroxylation is 1. The summed E-state index contributed by atoms with van der Waals surface area (Å²) in [6, 6.07) is 26.0. The zero-order valence-electron chi connectivity index (χ0n) is 19.1. The van der Waals surface area contributed by atoms with Crippen LogP contribution < -0.4 is 16.6 Å². The largest absolute Gasteiger partial charge is 0.336 e. The van der Waals surface area contributed by atoms with Crippen LogP contribution in [0.2, 0.25) is 0 Å². The van der Waals surface area contributed by atoms with Crippen molar-refractivity contribution < 1.29 is 4.79 Å². The zero-order valence-corrected chi connectivity index (χ0v) is 19.9. The highest BCUT2D eigenvalue weighted by molar-refractivity contribution is 7.17. The summed E-state index contributed by atoms with van der Waals surface area (Å²) in [6.45, 7) is 2.38. The number of para-hydroxylation sites is 1. The van der Waals surface area contributed by atoms with Gasteiger partial charge >= 0.3 is 5.69 Å². The minimum atomic E-state index is -0.392. The number of nitrogens with zero attached hydrogens (tertiary/aromatic N) is 2. The summed E-state index contributed by atoms with van der Waals surface area (Å²) in [7, 11) is 0. The second-order valence-corrected chi connectivity index (χ2v) is 9.31. The summed E-state index contributed by atoms with van der Waals surface area (Å²) in [6.07, 6.45) is 0.186. The van der Waals surface area contributed by atoms with Crippen molar-refractivity contribution in [3.8, 4) is 5.69 Å². The lowest BCUT2D eigenvalue weighted by Gasteiger charge is -2.13. The molecule has 35 heavy (non-hydrogen) atoms. The molecule has 5 rings (SSSR count). The highest BCUT2D eigenvalue weighted by Crippen LogP contribution is 2.18. The summed E-state index contributed by atoms with van der Waals surface area (Å²) in [5, 5.41) is 4.69. The van der Waals surface area contributed by atoms with Crippen LogP contribution in [0.5, 0.6) is 0 Å². The number of hydrogen-bond acceptors (Lipinski definition) is 4. The molecule has 0 fully saturated rings. The Morgan fingerprint density at radius 2 is 1.66 bits per heavy atom. The Bertz CT molecular complexity index is 1630. The predicted molar refractivity (Wildman–Crippen MR) is 141 cm³/mol. The van der Waals surface area contributed by atoms with Crippen LogP contribution in [0, 0.1) is 6.92 Å². The Labute approximate surface area is 205 Å². The van der Waals surface area contributed by atoms with Crippen LogP contribution in [-0.2, 0) is 17.8 Å². The average molecular weight is 482 g/mol. The fourth-order valence-electron chi connectivity index (χ4n) is 4.14. The number of fused-ring (bicyclic) bond motifs is 1. The van der Waals surface area contributed by atoms with E-state index in [1.807, 2.05) is 73.0 Å². The summed E-state index contributed by atoms with van der Waals surface area (Å²) < 4.78 is 3.38. The van der Waals surface area contributed by atoms with E-state index in [9.17, 15) is 14.4 Å². The molecule has 0 saturated heterocycles. The number of carbonyl (C=O) groups is 1. The molecule has 2 heterocycles. The van der Waals surface area contributed by atoms with E-state index in [2.05, 4.69) is 5.32 Å². The van der Waals surface area contributed by atoms with Gasteiger partial charge in [-0.25, -0.2) is 9.36 Å². The Hall–Kier alpha value is -4.23. The lowest BCUT2D eigenvalue weighted by molar-refractivity contribution is -0.115. The fourth-order valence-corrected chi connectivity index (χ4v) is 4.96. The number of carbonyl (C=O) groups excluding carboxylic acids is 1. The van der Waals surface area contributed by atoms with Crippen LogP contribution in [0.1, 0.15) is 16.7 Å².